The lowest BCUT2D eigenvalue weighted by Gasteiger charge is -2.45. The van der Waals surface area contributed by atoms with E-state index in [0.717, 1.165) is 202 Å². The van der Waals surface area contributed by atoms with Crippen LogP contribution in [0.4, 0.5) is 0 Å². The van der Waals surface area contributed by atoms with Gasteiger partial charge in [-0.05, 0) is 407 Å². The topological polar surface area (TPSA) is 132 Å². The van der Waals surface area contributed by atoms with E-state index in [-0.39, 0.29) is 0 Å². The average Bonchev–Trinajstić information content (AvgIpc) is 1.40. The molecule has 0 spiro atoms. The van der Waals surface area contributed by atoms with Gasteiger partial charge >= 0.3 is 0 Å². The highest BCUT2D eigenvalue weighted by Crippen LogP contribution is 2.52. The Bertz CT molecular complexity index is 2120. The van der Waals surface area contributed by atoms with Gasteiger partial charge in [0.25, 0.3) is 0 Å². The average molecular weight is 1360 g/mol. The van der Waals surface area contributed by atoms with Crippen molar-refractivity contribution >= 4 is 0 Å². The smallest absolute Gasteiger partial charge is 0.00960 e. The number of nitrogens with one attached hydrogen (secondary N) is 11. The van der Waals surface area contributed by atoms with Crippen molar-refractivity contribution < 1.29 is 0 Å². The molecule has 11 heteroatoms. The highest BCUT2D eigenvalue weighted by molar-refractivity contribution is 5.02. The van der Waals surface area contributed by atoms with E-state index in [1.165, 1.54) is 271 Å². The molecule has 11 N–H and O–H groups in total. The SMILES string of the molecule is CC12CC3CNC(CC(C3)C1)C2.CC1C2CCC1NC2.CC1CC2CC1CN2.CC1CC2CC1CN2.CC1CC2CCC(C1)N2.CC1CC2CCC1CNC2.CC1CC2CNC(C1)C2.CC1CC2CNC1C2.CC1CC2CNC1C2.CC1CCC2CC1CN2.CC1CCC2CNC1C2. The van der Waals surface area contributed by atoms with Crippen LogP contribution in [-0.2, 0) is 0 Å². The van der Waals surface area contributed by atoms with Crippen LogP contribution >= 0.6 is 0 Å². The minimum atomic E-state index is 0.722. The molecule has 0 aromatic heterocycles. The zero-order valence-corrected chi connectivity index (χ0v) is 65.8. The largest absolute Gasteiger partial charge is 0.316 e. The number of fused-ring (bicyclic) bond motifs is 23. The first-order valence-electron chi connectivity index (χ1n) is 44.4. The molecule has 11 nitrogen and oxygen atoms in total. The molecule has 0 aromatic rings. The summed E-state index contributed by atoms with van der Waals surface area (Å²) in [6, 6.07) is 9.78. The number of rotatable bonds is 0. The minimum Gasteiger partial charge on any atom is -0.316 e. The monoisotopic (exact) mass is 1360 g/mol. The molecule has 98 heavy (non-hydrogen) atoms. The third-order valence-electron chi connectivity index (χ3n) is 32.6. The van der Waals surface area contributed by atoms with Gasteiger partial charge in [-0.1, -0.05) is 76.2 Å². The second kappa shape index (κ2) is 35.5. The van der Waals surface area contributed by atoms with Gasteiger partial charge in [-0.15, -0.1) is 0 Å². The molecule has 25 fully saturated rings. The Morgan fingerprint density at radius 1 is 0.224 bits per heavy atom. The zero-order chi connectivity index (χ0) is 68.0. The van der Waals surface area contributed by atoms with Gasteiger partial charge in [-0.2, -0.15) is 0 Å². The Kier molecular flexibility index (Phi) is 27.5. The zero-order valence-electron chi connectivity index (χ0n) is 65.8. The maximum atomic E-state index is 3.73. The van der Waals surface area contributed by atoms with Crippen LogP contribution in [0.25, 0.3) is 0 Å². The van der Waals surface area contributed by atoms with E-state index in [9.17, 15) is 0 Å². The molecule has 24 bridgehead atoms. The summed E-state index contributed by atoms with van der Waals surface area (Å²) in [6.45, 7) is 40.6. The third-order valence-corrected chi connectivity index (χ3v) is 32.6. The van der Waals surface area contributed by atoms with Crippen molar-refractivity contribution in [3.63, 3.8) is 0 Å². The van der Waals surface area contributed by atoms with Gasteiger partial charge < -0.3 is 58.5 Å². The Morgan fingerprint density at radius 3 is 1.15 bits per heavy atom. The molecule has 33 unspecified atom stereocenters. The van der Waals surface area contributed by atoms with Crippen molar-refractivity contribution in [2.75, 3.05) is 72.0 Å². The lowest BCUT2D eigenvalue weighted by Crippen LogP contribution is -2.39. The molecule has 25 aliphatic rings. The summed E-state index contributed by atoms with van der Waals surface area (Å²) in [5, 5.41) is 39.0. The molecule has 25 rings (SSSR count). The van der Waals surface area contributed by atoms with Crippen molar-refractivity contribution in [1.82, 2.24) is 58.5 Å². The summed E-state index contributed by atoms with van der Waals surface area (Å²) in [5.74, 6) is 22.2. The molecule has 0 amide bonds. The molecule has 33 atom stereocenters. The highest BCUT2D eigenvalue weighted by Gasteiger charge is 2.47. The molecular weight excluding hydrogens is 1200 g/mol. The van der Waals surface area contributed by atoms with Crippen LogP contribution in [0.2, 0.25) is 0 Å². The normalized spacial score (nSPS) is 51.6. The van der Waals surface area contributed by atoms with Gasteiger partial charge in [-0.3, -0.25) is 0 Å². The number of piperidine rings is 6. The number of hydrogen-bond donors (Lipinski definition) is 11. The summed E-state index contributed by atoms with van der Waals surface area (Å²) in [5.41, 5.74) is 0.722. The molecule has 14 saturated heterocycles. The molecule has 14 heterocycles. The van der Waals surface area contributed by atoms with E-state index in [1.807, 2.05) is 0 Å². The van der Waals surface area contributed by atoms with Gasteiger partial charge in [0.1, 0.15) is 0 Å². The molecular formula is C87H161N11. The first kappa shape index (κ1) is 75.8. The maximum Gasteiger partial charge on any atom is 0.00960 e. The van der Waals surface area contributed by atoms with Crippen LogP contribution in [-0.4, -0.2) is 138 Å². The van der Waals surface area contributed by atoms with Crippen LogP contribution < -0.4 is 58.5 Å². The van der Waals surface area contributed by atoms with Crippen LogP contribution in [0, 0.1) is 136 Å². The van der Waals surface area contributed by atoms with Crippen LogP contribution in [0.3, 0.4) is 0 Å². The quantitative estimate of drug-likeness (QED) is 0.113. The van der Waals surface area contributed by atoms with E-state index in [2.05, 4.69) is 135 Å². The van der Waals surface area contributed by atoms with E-state index in [0.29, 0.717) is 0 Å². The van der Waals surface area contributed by atoms with Gasteiger partial charge in [0.05, 0.1) is 0 Å². The van der Waals surface area contributed by atoms with Gasteiger partial charge in [-0.25, -0.2) is 0 Å². The van der Waals surface area contributed by atoms with Gasteiger partial charge in [0.15, 0.2) is 0 Å². The summed E-state index contributed by atoms with van der Waals surface area (Å²) in [7, 11) is 0. The summed E-state index contributed by atoms with van der Waals surface area (Å²) in [4.78, 5) is 0. The second-order valence-corrected chi connectivity index (χ2v) is 41.1. The Hall–Kier alpha value is -0.440. The summed E-state index contributed by atoms with van der Waals surface area (Å²) >= 11 is 0. The van der Waals surface area contributed by atoms with Crippen LogP contribution in [0.1, 0.15) is 275 Å². The Balaban J connectivity index is 0.0000000972. The molecule has 0 radical (unpaired) electrons. The molecule has 14 aliphatic heterocycles. The third kappa shape index (κ3) is 20.8. The predicted octanol–water partition coefficient (Wildman–Crippen LogP) is 14.6. The second-order valence-electron chi connectivity index (χ2n) is 41.1. The van der Waals surface area contributed by atoms with Gasteiger partial charge in [0.2, 0.25) is 0 Å². The van der Waals surface area contributed by atoms with Gasteiger partial charge in [0, 0.05) is 66.5 Å². The number of hydrogen-bond acceptors (Lipinski definition) is 11. The fourth-order valence-electron chi connectivity index (χ4n) is 26.5. The Labute approximate surface area is 604 Å². The first-order chi connectivity index (χ1) is 47.3. The molecule has 11 saturated carbocycles. The first-order valence-corrected chi connectivity index (χ1v) is 44.4. The molecule has 11 aliphatic carbocycles. The summed E-state index contributed by atoms with van der Waals surface area (Å²) < 4.78 is 0. The predicted molar refractivity (Wildman–Crippen MR) is 414 cm³/mol. The van der Waals surface area contributed by atoms with Crippen molar-refractivity contribution in [3.05, 3.63) is 0 Å². The fraction of sp³-hybridized carbons (Fsp3) is 1.00. The lowest BCUT2D eigenvalue weighted by molar-refractivity contribution is 0.0690. The van der Waals surface area contributed by atoms with E-state index < -0.39 is 0 Å². The van der Waals surface area contributed by atoms with E-state index in [1.54, 1.807) is 0 Å². The summed E-state index contributed by atoms with van der Waals surface area (Å²) in [6.07, 6.45) is 45.4. The standard InChI is InChI=1S/C11H19N.C9H17N.4C8H15N.5C7H13N/c1-11-4-8-2-9(5-11)7-12-10(3-8)6-11;1-7-4-8-2-3-9(7)6-10-5-8;1-6-2-7-4-8(3-6)9-5-7;1-6-4-7-2-3-8(5-6)9-7;1-6-2-3-8-4-7(6)5-9-8;1-6-2-3-7-4-8(6)9-5-7;2*1-5-2-7-3-6(5)4-8-7;2*1-5-2-6-3-7(5)8-4-6;1-5-6-2-3-7(5)8-4-6/h8-10,12H,2-7H2,1H3;7-10H,2-6H2,1H3;4*6-9H,2-5H2,1H3;5*5-8H,2-4H2,1H3. The lowest BCUT2D eigenvalue weighted by atomic mass is 9.60. The molecule has 0 aromatic carbocycles. The van der Waals surface area contributed by atoms with E-state index in [4.69, 9.17) is 0 Å². The van der Waals surface area contributed by atoms with Crippen molar-refractivity contribution in [1.29, 1.82) is 0 Å². The van der Waals surface area contributed by atoms with Crippen molar-refractivity contribution in [2.45, 2.75) is 342 Å². The van der Waals surface area contributed by atoms with Crippen molar-refractivity contribution in [2.24, 2.45) is 136 Å². The van der Waals surface area contributed by atoms with Crippen LogP contribution in [0.5, 0.6) is 0 Å². The Morgan fingerprint density at radius 2 is 0.663 bits per heavy atom. The maximum absolute atomic E-state index is 3.73. The highest BCUT2D eigenvalue weighted by atomic mass is 15.0. The van der Waals surface area contributed by atoms with Crippen molar-refractivity contribution in [3.8, 4) is 0 Å². The fourth-order valence-corrected chi connectivity index (χ4v) is 26.5. The van der Waals surface area contributed by atoms with E-state index >= 15 is 0 Å². The molecule has 564 valence electrons. The minimum absolute atomic E-state index is 0.722. The van der Waals surface area contributed by atoms with Crippen LogP contribution in [0.15, 0.2) is 0 Å².